The minimum Gasteiger partial charge on any atom is -0.486 e. The maximum absolute atomic E-state index is 14.0. The Balaban J connectivity index is 1.71. The molecule has 25 heavy (non-hydrogen) atoms. The Labute approximate surface area is 148 Å². The van der Waals surface area contributed by atoms with Crippen LogP contribution >= 0.6 is 12.2 Å². The highest BCUT2D eigenvalue weighted by molar-refractivity contribution is 7.80. The lowest BCUT2D eigenvalue weighted by atomic mass is 10.1. The monoisotopic (exact) mass is 356 g/mol. The fourth-order valence-corrected chi connectivity index (χ4v) is 3.04. The molecule has 1 N–H and O–H groups in total. The van der Waals surface area contributed by atoms with Crippen LogP contribution in [0.3, 0.4) is 0 Å². The highest BCUT2D eigenvalue weighted by Gasteiger charge is 2.33. The first kappa shape index (κ1) is 15.6. The van der Waals surface area contributed by atoms with E-state index < -0.39 is 11.7 Å². The number of nitrogens with one attached hydrogen (secondary N) is 1. The van der Waals surface area contributed by atoms with Crippen LogP contribution in [0.5, 0.6) is 11.5 Å². The highest BCUT2D eigenvalue weighted by Crippen LogP contribution is 2.35. The summed E-state index contributed by atoms with van der Waals surface area (Å²) < 4.78 is 25.2. The van der Waals surface area contributed by atoms with E-state index in [2.05, 4.69) is 5.32 Å². The smallest absolute Gasteiger partial charge is 0.281 e. The van der Waals surface area contributed by atoms with Gasteiger partial charge in [0.05, 0.1) is 5.69 Å². The molecule has 0 spiro atoms. The lowest BCUT2D eigenvalue weighted by molar-refractivity contribution is -0.113. The van der Waals surface area contributed by atoms with Gasteiger partial charge in [-0.15, -0.1) is 0 Å². The first-order valence-corrected chi connectivity index (χ1v) is 8.06. The van der Waals surface area contributed by atoms with Gasteiger partial charge in [-0.05, 0) is 36.5 Å². The molecule has 0 unspecified atom stereocenters. The number of ether oxygens (including phenoxy) is 2. The molecule has 0 saturated carbocycles. The standard InChI is InChI=1S/C18H13FN2O3S/c19-12-5-1-2-6-14(12)21-17(22)13(20-18(21)25)10-11-4-3-7-15-16(11)24-9-8-23-15/h1-7,10H,8-9H2,(H,20,25)/b13-10+. The van der Waals surface area contributed by atoms with Crippen molar-refractivity contribution in [1.82, 2.24) is 5.32 Å². The van der Waals surface area contributed by atoms with Crippen molar-refractivity contribution in [3.8, 4) is 11.5 Å². The minimum atomic E-state index is -0.518. The summed E-state index contributed by atoms with van der Waals surface area (Å²) in [5.74, 6) is 0.255. The lowest BCUT2D eigenvalue weighted by Crippen LogP contribution is -2.31. The third-order valence-corrected chi connectivity index (χ3v) is 4.15. The van der Waals surface area contributed by atoms with Crippen molar-refractivity contribution in [2.45, 2.75) is 0 Å². The molecule has 1 saturated heterocycles. The van der Waals surface area contributed by atoms with Crippen molar-refractivity contribution in [2.24, 2.45) is 0 Å². The average Bonchev–Trinajstić information content (AvgIpc) is 2.90. The molecule has 1 amide bonds. The summed E-state index contributed by atoms with van der Waals surface area (Å²) in [6.45, 7) is 0.920. The van der Waals surface area contributed by atoms with Crippen molar-refractivity contribution in [3.05, 3.63) is 59.5 Å². The zero-order valence-corrected chi connectivity index (χ0v) is 13.8. The van der Waals surface area contributed by atoms with Crippen molar-refractivity contribution in [1.29, 1.82) is 0 Å². The van der Waals surface area contributed by atoms with Crippen LogP contribution in [-0.4, -0.2) is 24.2 Å². The van der Waals surface area contributed by atoms with E-state index in [0.29, 0.717) is 30.3 Å². The second kappa shape index (κ2) is 6.18. The number of anilines is 1. The molecule has 2 aromatic carbocycles. The number of amides is 1. The Bertz CT molecular complexity index is 913. The SMILES string of the molecule is O=C1/C(=C\c2cccc3c2OCCO3)NC(=S)N1c1ccccc1F. The van der Waals surface area contributed by atoms with Crippen LogP contribution in [0.15, 0.2) is 48.2 Å². The molecule has 7 heteroatoms. The van der Waals surface area contributed by atoms with Gasteiger partial charge in [0.1, 0.15) is 24.7 Å². The molecule has 4 rings (SSSR count). The largest absolute Gasteiger partial charge is 0.486 e. The van der Waals surface area contributed by atoms with Crippen LogP contribution in [-0.2, 0) is 4.79 Å². The Morgan fingerprint density at radius 2 is 1.92 bits per heavy atom. The average molecular weight is 356 g/mol. The summed E-state index contributed by atoms with van der Waals surface area (Å²) in [6.07, 6.45) is 1.63. The zero-order chi connectivity index (χ0) is 17.4. The number of halogens is 1. The normalized spacial score (nSPS) is 17.8. The second-order valence-electron chi connectivity index (χ2n) is 5.45. The minimum absolute atomic E-state index is 0.114. The number of hydrogen-bond donors (Lipinski definition) is 1. The molecule has 2 heterocycles. The highest BCUT2D eigenvalue weighted by atomic mass is 32.1. The van der Waals surface area contributed by atoms with Crippen molar-refractivity contribution in [2.75, 3.05) is 18.1 Å². The molecule has 2 aliphatic rings. The van der Waals surface area contributed by atoms with Crippen molar-refractivity contribution in [3.63, 3.8) is 0 Å². The van der Waals surface area contributed by atoms with E-state index in [-0.39, 0.29) is 16.5 Å². The predicted octanol–water partition coefficient (Wildman–Crippen LogP) is 2.86. The van der Waals surface area contributed by atoms with Crippen LogP contribution in [0.1, 0.15) is 5.56 Å². The fraction of sp³-hybridized carbons (Fsp3) is 0.111. The number of rotatable bonds is 2. The van der Waals surface area contributed by atoms with Crippen molar-refractivity contribution >= 4 is 35.0 Å². The summed E-state index contributed by atoms with van der Waals surface area (Å²) in [6, 6.07) is 11.4. The van der Waals surface area contributed by atoms with E-state index in [1.807, 2.05) is 12.1 Å². The molecule has 0 aliphatic carbocycles. The quantitative estimate of drug-likeness (QED) is 0.662. The Morgan fingerprint density at radius 1 is 1.12 bits per heavy atom. The summed E-state index contributed by atoms with van der Waals surface area (Å²) in [4.78, 5) is 13.9. The van der Waals surface area contributed by atoms with Crippen LogP contribution in [0.4, 0.5) is 10.1 Å². The van der Waals surface area contributed by atoms with Crippen LogP contribution in [0, 0.1) is 5.82 Å². The molecule has 0 aromatic heterocycles. The number of fused-ring (bicyclic) bond motifs is 1. The molecular formula is C18H13FN2O3S. The van der Waals surface area contributed by atoms with Gasteiger partial charge in [-0.2, -0.15) is 0 Å². The van der Waals surface area contributed by atoms with Crippen molar-refractivity contribution < 1.29 is 18.7 Å². The van der Waals surface area contributed by atoms with Crippen LogP contribution in [0.25, 0.3) is 6.08 Å². The number of benzene rings is 2. The molecule has 2 aliphatic heterocycles. The lowest BCUT2D eigenvalue weighted by Gasteiger charge is -2.19. The Kier molecular flexibility index (Phi) is 3.85. The van der Waals surface area contributed by atoms with Gasteiger partial charge in [-0.3, -0.25) is 4.79 Å². The van der Waals surface area contributed by atoms with E-state index in [4.69, 9.17) is 21.7 Å². The zero-order valence-electron chi connectivity index (χ0n) is 13.0. The molecule has 126 valence electrons. The molecule has 2 aromatic rings. The number of para-hydroxylation sites is 2. The molecule has 5 nitrogen and oxygen atoms in total. The van der Waals surface area contributed by atoms with Gasteiger partial charge in [-0.1, -0.05) is 24.3 Å². The number of nitrogens with zero attached hydrogens (tertiary/aromatic N) is 1. The van der Waals surface area contributed by atoms with E-state index in [0.717, 1.165) is 4.90 Å². The van der Waals surface area contributed by atoms with E-state index in [1.54, 1.807) is 24.3 Å². The number of thiocarbonyl (C=S) groups is 1. The van der Waals surface area contributed by atoms with Crippen LogP contribution in [0.2, 0.25) is 0 Å². The summed E-state index contributed by atoms with van der Waals surface area (Å²) in [5, 5.41) is 2.97. The maximum Gasteiger partial charge on any atom is 0.281 e. The van der Waals surface area contributed by atoms with Gasteiger partial charge in [0.2, 0.25) is 0 Å². The van der Waals surface area contributed by atoms with Crippen LogP contribution < -0.4 is 19.7 Å². The van der Waals surface area contributed by atoms with Gasteiger partial charge in [0, 0.05) is 5.56 Å². The molecule has 0 atom stereocenters. The van der Waals surface area contributed by atoms with E-state index >= 15 is 0 Å². The third-order valence-electron chi connectivity index (χ3n) is 3.87. The first-order valence-electron chi connectivity index (χ1n) is 7.65. The van der Waals surface area contributed by atoms with Gasteiger partial charge < -0.3 is 14.8 Å². The molecule has 0 radical (unpaired) electrons. The van der Waals surface area contributed by atoms with E-state index in [1.165, 1.54) is 12.1 Å². The topological polar surface area (TPSA) is 50.8 Å². The fourth-order valence-electron chi connectivity index (χ4n) is 2.75. The van der Waals surface area contributed by atoms with Gasteiger partial charge in [0.25, 0.3) is 5.91 Å². The summed E-state index contributed by atoms with van der Waals surface area (Å²) >= 11 is 5.20. The molecule has 1 fully saturated rings. The molecular weight excluding hydrogens is 343 g/mol. The molecule has 0 bridgehead atoms. The van der Waals surface area contributed by atoms with Gasteiger partial charge in [0.15, 0.2) is 16.6 Å². The number of carbonyl (C=O) groups is 1. The third kappa shape index (κ3) is 2.72. The second-order valence-corrected chi connectivity index (χ2v) is 5.84. The number of carbonyl (C=O) groups excluding carboxylic acids is 1. The van der Waals surface area contributed by atoms with E-state index in [9.17, 15) is 9.18 Å². The first-order chi connectivity index (χ1) is 12.1. The predicted molar refractivity (Wildman–Crippen MR) is 95.0 cm³/mol. The Morgan fingerprint density at radius 3 is 2.76 bits per heavy atom. The van der Waals surface area contributed by atoms with Gasteiger partial charge >= 0.3 is 0 Å². The Hall–Kier alpha value is -2.93. The maximum atomic E-state index is 14.0. The summed E-state index contributed by atoms with van der Waals surface area (Å²) in [5.41, 5.74) is 1.05. The summed E-state index contributed by atoms with van der Waals surface area (Å²) in [7, 11) is 0. The van der Waals surface area contributed by atoms with Gasteiger partial charge in [-0.25, -0.2) is 9.29 Å². The number of hydrogen-bond acceptors (Lipinski definition) is 4.